The predicted molar refractivity (Wildman–Crippen MR) is 83.7 cm³/mol. The second kappa shape index (κ2) is 6.30. The minimum Gasteiger partial charge on any atom is -0.364 e. The molecule has 0 unspecified atom stereocenters. The summed E-state index contributed by atoms with van der Waals surface area (Å²) in [6, 6.07) is 14.5. The summed E-state index contributed by atoms with van der Waals surface area (Å²) in [6.07, 6.45) is 0.533. The Balaban J connectivity index is 2.38. The van der Waals surface area contributed by atoms with E-state index >= 15 is 0 Å². The highest BCUT2D eigenvalue weighted by Crippen LogP contribution is 2.72. The Labute approximate surface area is 132 Å². The van der Waals surface area contributed by atoms with E-state index in [0.29, 0.717) is 6.42 Å². The van der Waals surface area contributed by atoms with Gasteiger partial charge in [0.2, 0.25) is 0 Å². The molecule has 2 aromatic carbocycles. The van der Waals surface area contributed by atoms with Gasteiger partial charge < -0.3 is 24.7 Å². The first-order valence-corrected chi connectivity index (χ1v) is 9.75. The minimum absolute atomic E-state index is 0.532. The molecule has 0 amide bonds. The lowest BCUT2D eigenvalue weighted by molar-refractivity contribution is 0.131. The van der Waals surface area contributed by atoms with E-state index in [4.69, 9.17) is 0 Å². The first kappa shape index (κ1) is 18.0. The van der Waals surface area contributed by atoms with Crippen molar-refractivity contribution in [2.24, 2.45) is 0 Å². The van der Waals surface area contributed by atoms with Crippen molar-refractivity contribution in [3.8, 4) is 0 Å². The highest BCUT2D eigenvalue weighted by Gasteiger charge is 2.60. The van der Waals surface area contributed by atoms with Crippen LogP contribution >= 0.6 is 15.2 Å². The Bertz CT molecular complexity index is 739. The van der Waals surface area contributed by atoms with Crippen LogP contribution in [0.3, 0.4) is 0 Å². The summed E-state index contributed by atoms with van der Waals surface area (Å²) in [7, 11) is -11.0. The number of hydrogen-bond donors (Lipinski definition) is 5. The van der Waals surface area contributed by atoms with E-state index in [9.17, 15) is 33.8 Å². The van der Waals surface area contributed by atoms with Crippen LogP contribution in [0.25, 0.3) is 0 Å². The Kier molecular flexibility index (Phi) is 4.95. The summed E-state index contributed by atoms with van der Waals surface area (Å²) in [5.74, 6) is 0. The van der Waals surface area contributed by atoms with Crippen molar-refractivity contribution >= 4 is 15.2 Å². The summed E-state index contributed by atoms with van der Waals surface area (Å²) >= 11 is 0. The second-order valence-electron chi connectivity index (χ2n) is 5.08. The fraction of sp³-hybridized carbons (Fsp3) is 0.143. The molecule has 9 heteroatoms. The predicted octanol–water partition coefficient (Wildman–Crippen LogP) is 1.74. The molecule has 0 aliphatic heterocycles. The molecule has 0 aliphatic carbocycles. The third kappa shape index (κ3) is 3.62. The zero-order valence-corrected chi connectivity index (χ0v) is 13.6. The van der Waals surface area contributed by atoms with Crippen LogP contribution in [0.15, 0.2) is 54.6 Å². The van der Waals surface area contributed by atoms with E-state index in [2.05, 4.69) is 0 Å². The van der Waals surface area contributed by atoms with Gasteiger partial charge in [-0.25, -0.2) is 0 Å². The Hall–Kier alpha value is -1.30. The van der Waals surface area contributed by atoms with E-state index in [0.717, 1.165) is 23.3 Å². The maximum atomic E-state index is 11.4. The number of hydrogen-bond acceptors (Lipinski definition) is 3. The molecule has 2 rings (SSSR count). The molecule has 0 saturated heterocycles. The van der Waals surface area contributed by atoms with Crippen LogP contribution in [0.1, 0.15) is 16.7 Å². The minimum atomic E-state index is -5.52. The normalized spacial score (nSPS) is 13.1. The maximum absolute atomic E-state index is 11.4. The monoisotopic (exact) mass is 358 g/mol. The maximum Gasteiger partial charge on any atom is 0.374 e. The van der Waals surface area contributed by atoms with Gasteiger partial charge in [0.05, 0.1) is 0 Å². The molecule has 0 bridgehead atoms. The van der Waals surface area contributed by atoms with Crippen molar-refractivity contribution < 1.29 is 33.8 Å². The third-order valence-corrected chi connectivity index (χ3v) is 7.11. The molecule has 0 atom stereocenters. The Morgan fingerprint density at radius 3 is 1.61 bits per heavy atom. The van der Waals surface area contributed by atoms with Crippen LogP contribution in [0.4, 0.5) is 0 Å². The molecule has 0 heterocycles. The van der Waals surface area contributed by atoms with Gasteiger partial charge in [-0.05, 0) is 17.5 Å². The molecular weight excluding hydrogens is 342 g/mol. The zero-order chi connectivity index (χ0) is 17.3. The number of benzene rings is 2. The van der Waals surface area contributed by atoms with Gasteiger partial charge in [0.1, 0.15) is 0 Å². The van der Waals surface area contributed by atoms with Gasteiger partial charge in [0.25, 0.3) is 5.08 Å². The highest BCUT2D eigenvalue weighted by atomic mass is 31.2. The van der Waals surface area contributed by atoms with Gasteiger partial charge in [-0.15, -0.1) is 0 Å². The van der Waals surface area contributed by atoms with Crippen molar-refractivity contribution in [3.05, 3.63) is 71.3 Å². The summed E-state index contributed by atoms with van der Waals surface area (Å²) in [5, 5.41) is 6.46. The van der Waals surface area contributed by atoms with Crippen LogP contribution in [0, 0.1) is 0 Å². The fourth-order valence-corrected chi connectivity index (χ4v) is 4.51. The van der Waals surface area contributed by atoms with Crippen LogP contribution in [-0.4, -0.2) is 24.7 Å². The molecule has 0 aromatic heterocycles. The van der Waals surface area contributed by atoms with Crippen molar-refractivity contribution in [1.29, 1.82) is 0 Å². The van der Waals surface area contributed by atoms with Crippen molar-refractivity contribution in [1.82, 2.24) is 0 Å². The van der Waals surface area contributed by atoms with Crippen LogP contribution in [0.2, 0.25) is 0 Å². The Morgan fingerprint density at radius 1 is 0.739 bits per heavy atom. The van der Waals surface area contributed by atoms with E-state index in [1.807, 2.05) is 30.3 Å². The van der Waals surface area contributed by atoms with E-state index < -0.39 is 25.8 Å². The topological polar surface area (TPSA) is 135 Å². The molecule has 0 fully saturated rings. The highest BCUT2D eigenvalue weighted by molar-refractivity contribution is 7.71. The molecule has 0 saturated carbocycles. The lowest BCUT2D eigenvalue weighted by Gasteiger charge is -2.29. The van der Waals surface area contributed by atoms with Gasteiger partial charge in [-0.2, -0.15) is 0 Å². The first-order chi connectivity index (χ1) is 10.6. The van der Waals surface area contributed by atoms with Crippen LogP contribution in [-0.2, 0) is 20.6 Å². The summed E-state index contributed by atoms with van der Waals surface area (Å²) < 4.78 is 22.9. The molecule has 2 aromatic rings. The van der Waals surface area contributed by atoms with Gasteiger partial charge in [0, 0.05) is 5.56 Å². The standard InChI is InChI=1S/C14H16O7P2/c15-14(22(16,17)18,23(19,20)21)13-8-6-12(7-9-13)10-11-4-2-1-3-5-11/h1-9,15H,10H2,(H2,16,17,18)(H2,19,20,21). The SMILES string of the molecule is O=P(O)(O)C(O)(c1ccc(Cc2ccccc2)cc1)P(=O)(O)O. The Morgan fingerprint density at radius 2 is 1.17 bits per heavy atom. The molecule has 0 radical (unpaired) electrons. The second-order valence-corrected chi connectivity index (χ2v) is 8.91. The van der Waals surface area contributed by atoms with Crippen molar-refractivity contribution in [2.75, 3.05) is 0 Å². The zero-order valence-electron chi connectivity index (χ0n) is 11.9. The molecular formula is C14H16O7P2. The van der Waals surface area contributed by atoms with Gasteiger partial charge >= 0.3 is 15.2 Å². The van der Waals surface area contributed by atoms with Gasteiger partial charge in [0.15, 0.2) is 0 Å². The van der Waals surface area contributed by atoms with E-state index in [1.54, 1.807) is 0 Å². The average Bonchev–Trinajstić information content (AvgIpc) is 2.46. The van der Waals surface area contributed by atoms with E-state index in [1.165, 1.54) is 12.1 Å². The molecule has 124 valence electrons. The quantitative estimate of drug-likeness (QED) is 0.514. The van der Waals surface area contributed by atoms with Crippen LogP contribution in [0.5, 0.6) is 0 Å². The lowest BCUT2D eigenvalue weighted by atomic mass is 10.0. The number of rotatable bonds is 5. The third-order valence-electron chi connectivity index (χ3n) is 3.40. The van der Waals surface area contributed by atoms with E-state index in [-0.39, 0.29) is 0 Å². The molecule has 0 spiro atoms. The fourth-order valence-electron chi connectivity index (χ4n) is 2.18. The lowest BCUT2D eigenvalue weighted by Crippen LogP contribution is -2.25. The van der Waals surface area contributed by atoms with Crippen LogP contribution < -0.4 is 0 Å². The summed E-state index contributed by atoms with van der Waals surface area (Å²) in [6.45, 7) is 0. The largest absolute Gasteiger partial charge is 0.374 e. The van der Waals surface area contributed by atoms with Gasteiger partial charge in [-0.3, -0.25) is 9.13 Å². The molecule has 5 N–H and O–H groups in total. The average molecular weight is 358 g/mol. The smallest absolute Gasteiger partial charge is 0.364 e. The summed E-state index contributed by atoms with van der Waals surface area (Å²) in [4.78, 5) is 36.8. The number of aliphatic hydroxyl groups is 1. The first-order valence-electron chi connectivity index (χ1n) is 6.53. The van der Waals surface area contributed by atoms with Crippen molar-refractivity contribution in [2.45, 2.75) is 11.5 Å². The molecule has 0 aliphatic rings. The summed E-state index contributed by atoms with van der Waals surface area (Å²) in [5.41, 5.74) is 1.23. The molecule has 23 heavy (non-hydrogen) atoms. The van der Waals surface area contributed by atoms with Crippen molar-refractivity contribution in [3.63, 3.8) is 0 Å². The van der Waals surface area contributed by atoms with Gasteiger partial charge in [-0.1, -0.05) is 54.6 Å². The molecule has 7 nitrogen and oxygen atoms in total.